The topological polar surface area (TPSA) is 63.4 Å². The third-order valence-electron chi connectivity index (χ3n) is 1.44. The van der Waals surface area contributed by atoms with Crippen LogP contribution in [0.2, 0.25) is 10.0 Å². The Morgan fingerprint density at radius 3 is 2.15 bits per heavy atom. The van der Waals surface area contributed by atoms with Gasteiger partial charge in [-0.3, -0.25) is 10.1 Å². The number of hydrogen-bond donors (Lipinski definition) is 1. The van der Waals surface area contributed by atoms with Gasteiger partial charge in [0.1, 0.15) is 10.0 Å². The van der Waals surface area contributed by atoms with Crippen molar-refractivity contribution in [3.63, 3.8) is 0 Å². The molecule has 0 aromatic heterocycles. The number of nitrogens with zero attached hydrogens (tertiary/aromatic N) is 1. The first kappa shape index (κ1) is 10.2. The molecule has 0 bridgehead atoms. The molecule has 1 aromatic rings. The molecule has 1 N–H and O–H groups in total. The molecule has 0 aliphatic carbocycles. The van der Waals surface area contributed by atoms with Crippen LogP contribution in [0.4, 0.5) is 5.69 Å². The Hall–Kier alpha value is -0.840. The van der Waals surface area contributed by atoms with Crippen LogP contribution < -0.4 is 0 Å². The first-order valence-electron chi connectivity index (χ1n) is 3.29. The van der Waals surface area contributed by atoms with E-state index in [1.165, 1.54) is 12.1 Å². The molecule has 0 aliphatic rings. The second-order valence-electron chi connectivity index (χ2n) is 2.32. The highest BCUT2D eigenvalue weighted by Crippen LogP contribution is 2.33. The summed E-state index contributed by atoms with van der Waals surface area (Å²) in [5.41, 5.74) is 0.112. The van der Waals surface area contributed by atoms with Crippen molar-refractivity contribution in [3.05, 3.63) is 37.9 Å². The first-order valence-corrected chi connectivity index (χ1v) is 4.05. The van der Waals surface area contributed by atoms with Crippen molar-refractivity contribution < 1.29 is 10.0 Å². The van der Waals surface area contributed by atoms with Crippen LogP contribution in [0.5, 0.6) is 0 Å². The average molecular weight is 222 g/mol. The summed E-state index contributed by atoms with van der Waals surface area (Å²) in [5.74, 6) is 0. The summed E-state index contributed by atoms with van der Waals surface area (Å²) in [7, 11) is 0. The predicted molar refractivity (Wildman–Crippen MR) is 49.0 cm³/mol. The number of nitro groups is 1. The Labute approximate surface area is 83.9 Å². The molecule has 0 spiro atoms. The second-order valence-corrected chi connectivity index (χ2v) is 3.14. The maximum atomic E-state index is 10.4. The minimum Gasteiger partial charge on any atom is -0.392 e. The van der Waals surface area contributed by atoms with Crippen molar-refractivity contribution in [2.24, 2.45) is 0 Å². The van der Waals surface area contributed by atoms with Crippen molar-refractivity contribution in [1.29, 1.82) is 0 Å². The number of halogens is 2. The second kappa shape index (κ2) is 3.91. The predicted octanol–water partition coefficient (Wildman–Crippen LogP) is 2.39. The van der Waals surface area contributed by atoms with Crippen LogP contribution in [0.3, 0.4) is 0 Å². The van der Waals surface area contributed by atoms with Gasteiger partial charge < -0.3 is 5.11 Å². The fourth-order valence-electron chi connectivity index (χ4n) is 0.884. The molecule has 0 heterocycles. The molecule has 0 unspecified atom stereocenters. The maximum Gasteiger partial charge on any atom is 0.306 e. The van der Waals surface area contributed by atoms with Gasteiger partial charge in [0.15, 0.2) is 0 Å². The van der Waals surface area contributed by atoms with E-state index in [0.717, 1.165) is 0 Å². The van der Waals surface area contributed by atoms with E-state index in [1.54, 1.807) is 0 Å². The normalized spacial score (nSPS) is 10.1. The molecule has 0 amide bonds. The zero-order valence-electron chi connectivity index (χ0n) is 6.33. The minimum absolute atomic E-state index is 0.0680. The molecule has 6 heteroatoms. The summed E-state index contributed by atoms with van der Waals surface area (Å²) >= 11 is 11.1. The Morgan fingerprint density at radius 1 is 1.38 bits per heavy atom. The number of nitro benzene ring substituents is 1. The van der Waals surface area contributed by atoms with E-state index in [1.807, 2.05) is 0 Å². The van der Waals surface area contributed by atoms with Gasteiger partial charge in [-0.1, -0.05) is 23.2 Å². The van der Waals surface area contributed by atoms with Crippen LogP contribution >= 0.6 is 23.2 Å². The monoisotopic (exact) mass is 221 g/mol. The third-order valence-corrected chi connectivity index (χ3v) is 2.02. The molecule has 70 valence electrons. The lowest BCUT2D eigenvalue weighted by atomic mass is 10.2. The van der Waals surface area contributed by atoms with Gasteiger partial charge in [-0.25, -0.2) is 0 Å². The summed E-state index contributed by atoms with van der Waals surface area (Å²) in [6.07, 6.45) is 0. The summed E-state index contributed by atoms with van der Waals surface area (Å²) in [6.45, 7) is -0.253. The number of aliphatic hydroxyl groups is 1. The Bertz CT molecular complexity index is 331. The number of aliphatic hydroxyl groups excluding tert-OH is 1. The standard InChI is InChI=1S/C7H5Cl2NO3/c8-5-1-4(3-11)2-6(9)7(5)10(12)13/h1-2,11H,3H2. The molecule has 0 aliphatic heterocycles. The van der Waals surface area contributed by atoms with Gasteiger partial charge >= 0.3 is 5.69 Å². The lowest BCUT2D eigenvalue weighted by molar-refractivity contribution is -0.384. The zero-order valence-corrected chi connectivity index (χ0v) is 7.84. The number of hydrogen-bond acceptors (Lipinski definition) is 3. The van der Waals surface area contributed by atoms with Gasteiger partial charge in [0.2, 0.25) is 0 Å². The van der Waals surface area contributed by atoms with Crippen LogP contribution in [0.1, 0.15) is 5.56 Å². The molecule has 0 atom stereocenters. The average Bonchev–Trinajstić information content (AvgIpc) is 2.02. The molecule has 4 nitrogen and oxygen atoms in total. The van der Waals surface area contributed by atoms with Crippen LogP contribution in [-0.4, -0.2) is 10.0 Å². The SMILES string of the molecule is O=[N+]([O-])c1c(Cl)cc(CO)cc1Cl. The molecular weight excluding hydrogens is 217 g/mol. The Balaban J connectivity index is 3.31. The summed E-state index contributed by atoms with van der Waals surface area (Å²) in [6, 6.07) is 2.62. The molecule has 0 radical (unpaired) electrons. The van der Waals surface area contributed by atoms with E-state index >= 15 is 0 Å². The zero-order chi connectivity index (χ0) is 10.0. The van der Waals surface area contributed by atoms with Gasteiger partial charge in [-0.05, 0) is 17.7 Å². The molecular formula is C7H5Cl2NO3. The van der Waals surface area contributed by atoms with E-state index in [4.69, 9.17) is 28.3 Å². The molecule has 0 saturated carbocycles. The number of benzene rings is 1. The first-order chi connectivity index (χ1) is 6.06. The van der Waals surface area contributed by atoms with Gasteiger partial charge in [0.05, 0.1) is 11.5 Å². The fourth-order valence-corrected chi connectivity index (χ4v) is 1.55. The summed E-state index contributed by atoms with van der Waals surface area (Å²) in [4.78, 5) is 9.76. The molecule has 1 rings (SSSR count). The smallest absolute Gasteiger partial charge is 0.306 e. The molecule has 0 saturated heterocycles. The van der Waals surface area contributed by atoms with Crippen molar-refractivity contribution in [2.45, 2.75) is 6.61 Å². The Morgan fingerprint density at radius 2 is 1.85 bits per heavy atom. The minimum atomic E-state index is -0.661. The quantitative estimate of drug-likeness (QED) is 0.617. The van der Waals surface area contributed by atoms with Crippen molar-refractivity contribution in [3.8, 4) is 0 Å². The van der Waals surface area contributed by atoms with E-state index in [2.05, 4.69) is 0 Å². The van der Waals surface area contributed by atoms with Crippen LogP contribution in [0, 0.1) is 10.1 Å². The lowest BCUT2D eigenvalue weighted by Crippen LogP contribution is -1.92. The highest BCUT2D eigenvalue weighted by atomic mass is 35.5. The van der Waals surface area contributed by atoms with Gasteiger partial charge in [-0.2, -0.15) is 0 Å². The van der Waals surface area contributed by atoms with E-state index in [0.29, 0.717) is 5.56 Å². The maximum absolute atomic E-state index is 10.4. The lowest BCUT2D eigenvalue weighted by Gasteiger charge is -2.00. The van der Waals surface area contributed by atoms with E-state index in [-0.39, 0.29) is 22.3 Å². The molecule has 13 heavy (non-hydrogen) atoms. The summed E-state index contributed by atoms with van der Waals surface area (Å²) in [5, 5.41) is 19.0. The fraction of sp³-hybridized carbons (Fsp3) is 0.143. The van der Waals surface area contributed by atoms with Crippen molar-refractivity contribution >= 4 is 28.9 Å². The van der Waals surface area contributed by atoms with Crippen molar-refractivity contribution in [2.75, 3.05) is 0 Å². The number of rotatable bonds is 2. The summed E-state index contributed by atoms with van der Waals surface area (Å²) < 4.78 is 0. The third kappa shape index (κ3) is 2.09. The Kier molecular flexibility index (Phi) is 3.08. The largest absolute Gasteiger partial charge is 0.392 e. The molecule has 0 fully saturated rings. The highest BCUT2D eigenvalue weighted by Gasteiger charge is 2.18. The van der Waals surface area contributed by atoms with Crippen LogP contribution in [-0.2, 0) is 6.61 Å². The van der Waals surface area contributed by atoms with E-state index in [9.17, 15) is 10.1 Å². The van der Waals surface area contributed by atoms with Crippen LogP contribution in [0.25, 0.3) is 0 Å². The van der Waals surface area contributed by atoms with Crippen LogP contribution in [0.15, 0.2) is 12.1 Å². The van der Waals surface area contributed by atoms with E-state index < -0.39 is 4.92 Å². The molecule has 1 aromatic carbocycles. The van der Waals surface area contributed by atoms with Gasteiger partial charge in [-0.15, -0.1) is 0 Å². The highest BCUT2D eigenvalue weighted by molar-refractivity contribution is 6.38. The van der Waals surface area contributed by atoms with Crippen molar-refractivity contribution in [1.82, 2.24) is 0 Å². The van der Waals surface area contributed by atoms with Gasteiger partial charge in [0, 0.05) is 0 Å². The van der Waals surface area contributed by atoms with Gasteiger partial charge in [0.25, 0.3) is 0 Å².